The van der Waals surface area contributed by atoms with Crippen LogP contribution in [0.4, 0.5) is 0 Å². The highest BCUT2D eigenvalue weighted by atomic mass is 16.5. The Morgan fingerprint density at radius 2 is 1.62 bits per heavy atom. The number of hydrogen-bond donors (Lipinski definition) is 2. The van der Waals surface area contributed by atoms with Gasteiger partial charge < -0.3 is 15.2 Å². The molecule has 1 aliphatic heterocycles. The third-order valence-electron chi connectivity index (χ3n) is 4.07. The molecule has 0 unspecified atom stereocenters. The zero-order valence-electron chi connectivity index (χ0n) is 12.1. The van der Waals surface area contributed by atoms with Gasteiger partial charge in [0.25, 0.3) is 0 Å². The second-order valence-electron chi connectivity index (χ2n) is 5.58. The van der Waals surface area contributed by atoms with Gasteiger partial charge in [-0.25, -0.2) is 0 Å². The molecule has 0 aliphatic carbocycles. The van der Waals surface area contributed by atoms with Crippen LogP contribution in [0.15, 0.2) is 54.6 Å². The molecule has 1 fully saturated rings. The average Bonchev–Trinajstić information content (AvgIpc) is 2.55. The van der Waals surface area contributed by atoms with Crippen molar-refractivity contribution in [1.29, 1.82) is 0 Å². The predicted octanol–water partition coefficient (Wildman–Crippen LogP) is 2.84. The van der Waals surface area contributed by atoms with Crippen LogP contribution in [0.2, 0.25) is 0 Å². The fourth-order valence-corrected chi connectivity index (χ4v) is 2.73. The first kappa shape index (κ1) is 14.1. The van der Waals surface area contributed by atoms with Gasteiger partial charge in [0.1, 0.15) is 12.4 Å². The molecular formula is C18H21NO2. The molecule has 0 spiro atoms. The lowest BCUT2D eigenvalue weighted by molar-refractivity contribution is 0.00590. The first-order chi connectivity index (χ1) is 10.3. The Bertz CT molecular complexity index is 560. The zero-order chi connectivity index (χ0) is 14.5. The molecule has 1 aliphatic rings. The van der Waals surface area contributed by atoms with Gasteiger partial charge in [0.05, 0.1) is 5.60 Å². The lowest BCUT2D eigenvalue weighted by Crippen LogP contribution is -2.39. The Kier molecular flexibility index (Phi) is 4.23. The van der Waals surface area contributed by atoms with E-state index in [2.05, 4.69) is 5.32 Å². The van der Waals surface area contributed by atoms with Gasteiger partial charge in [-0.05, 0) is 49.2 Å². The minimum atomic E-state index is -0.691. The molecule has 0 aromatic heterocycles. The Labute approximate surface area is 125 Å². The van der Waals surface area contributed by atoms with Gasteiger partial charge >= 0.3 is 0 Å². The van der Waals surface area contributed by atoms with Gasteiger partial charge in [-0.2, -0.15) is 0 Å². The van der Waals surface area contributed by atoms with Crippen LogP contribution in [0.1, 0.15) is 24.0 Å². The van der Waals surface area contributed by atoms with Crippen LogP contribution < -0.4 is 10.1 Å². The van der Waals surface area contributed by atoms with Gasteiger partial charge in [0.15, 0.2) is 0 Å². The number of ether oxygens (including phenoxy) is 1. The van der Waals surface area contributed by atoms with Crippen LogP contribution in [-0.4, -0.2) is 18.2 Å². The van der Waals surface area contributed by atoms with E-state index in [1.54, 1.807) is 0 Å². The Hall–Kier alpha value is -1.84. The molecule has 0 radical (unpaired) electrons. The summed E-state index contributed by atoms with van der Waals surface area (Å²) < 4.78 is 5.77. The Morgan fingerprint density at radius 3 is 2.29 bits per heavy atom. The molecule has 0 atom stereocenters. The molecule has 3 rings (SSSR count). The van der Waals surface area contributed by atoms with Gasteiger partial charge in [-0.1, -0.05) is 42.5 Å². The largest absolute Gasteiger partial charge is 0.489 e. The molecule has 3 heteroatoms. The molecule has 110 valence electrons. The Morgan fingerprint density at radius 1 is 0.952 bits per heavy atom. The topological polar surface area (TPSA) is 41.5 Å². The van der Waals surface area contributed by atoms with Gasteiger partial charge in [0.2, 0.25) is 0 Å². The molecule has 0 amide bonds. The standard InChI is InChI=1S/C18H21NO2/c20-18(10-12-19-13-11-18)16-6-8-17(9-7-16)21-14-15-4-2-1-3-5-15/h1-9,19-20H,10-14H2. The van der Waals surface area contributed by atoms with Crippen molar-refractivity contribution in [2.45, 2.75) is 25.0 Å². The minimum absolute atomic E-state index is 0.564. The summed E-state index contributed by atoms with van der Waals surface area (Å²) in [5, 5.41) is 13.9. The molecule has 0 bridgehead atoms. The molecule has 2 aromatic carbocycles. The van der Waals surface area contributed by atoms with Gasteiger partial charge in [-0.3, -0.25) is 0 Å². The summed E-state index contributed by atoms with van der Waals surface area (Å²) in [7, 11) is 0. The number of piperidine rings is 1. The van der Waals surface area contributed by atoms with Crippen molar-refractivity contribution in [2.24, 2.45) is 0 Å². The maximum absolute atomic E-state index is 10.7. The molecule has 2 aromatic rings. The third kappa shape index (κ3) is 3.43. The predicted molar refractivity (Wildman–Crippen MR) is 83.2 cm³/mol. The van der Waals surface area contributed by atoms with E-state index in [4.69, 9.17) is 4.74 Å². The molecule has 3 nitrogen and oxygen atoms in total. The first-order valence-electron chi connectivity index (χ1n) is 7.47. The summed E-state index contributed by atoms with van der Waals surface area (Å²) in [4.78, 5) is 0. The van der Waals surface area contributed by atoms with Crippen LogP contribution in [0.3, 0.4) is 0 Å². The second kappa shape index (κ2) is 6.29. The fourth-order valence-electron chi connectivity index (χ4n) is 2.73. The third-order valence-corrected chi connectivity index (χ3v) is 4.07. The molecule has 2 N–H and O–H groups in total. The van der Waals surface area contributed by atoms with Crippen LogP contribution in [0.25, 0.3) is 0 Å². The van der Waals surface area contributed by atoms with Crippen molar-refractivity contribution in [1.82, 2.24) is 5.32 Å². The normalized spacial score (nSPS) is 17.4. The summed E-state index contributed by atoms with van der Waals surface area (Å²) in [5.74, 6) is 0.833. The van der Waals surface area contributed by atoms with Crippen LogP contribution in [0.5, 0.6) is 5.75 Å². The van der Waals surface area contributed by atoms with E-state index in [0.29, 0.717) is 6.61 Å². The van der Waals surface area contributed by atoms with E-state index in [-0.39, 0.29) is 0 Å². The van der Waals surface area contributed by atoms with Crippen molar-refractivity contribution in [3.63, 3.8) is 0 Å². The molecule has 1 saturated heterocycles. The van der Waals surface area contributed by atoms with Gasteiger partial charge in [0, 0.05) is 0 Å². The summed E-state index contributed by atoms with van der Waals surface area (Å²) in [6.07, 6.45) is 1.52. The lowest BCUT2D eigenvalue weighted by Gasteiger charge is -2.33. The number of nitrogens with one attached hydrogen (secondary N) is 1. The van der Waals surface area contributed by atoms with E-state index in [1.807, 2.05) is 54.6 Å². The Balaban J connectivity index is 1.64. The SMILES string of the molecule is OC1(c2ccc(OCc3ccccc3)cc2)CCNCC1. The average molecular weight is 283 g/mol. The minimum Gasteiger partial charge on any atom is -0.489 e. The maximum Gasteiger partial charge on any atom is 0.119 e. The number of aliphatic hydroxyl groups is 1. The van der Waals surface area contributed by atoms with Crippen molar-refractivity contribution in [2.75, 3.05) is 13.1 Å². The number of rotatable bonds is 4. The molecular weight excluding hydrogens is 262 g/mol. The van der Waals surface area contributed by atoms with E-state index in [0.717, 1.165) is 42.8 Å². The fraction of sp³-hybridized carbons (Fsp3) is 0.333. The zero-order valence-corrected chi connectivity index (χ0v) is 12.1. The van der Waals surface area contributed by atoms with Crippen molar-refractivity contribution in [3.8, 4) is 5.75 Å². The quantitative estimate of drug-likeness (QED) is 0.906. The van der Waals surface area contributed by atoms with Crippen LogP contribution in [0, 0.1) is 0 Å². The van der Waals surface area contributed by atoms with Crippen molar-refractivity contribution < 1.29 is 9.84 Å². The highest BCUT2D eigenvalue weighted by Crippen LogP contribution is 2.31. The highest BCUT2D eigenvalue weighted by molar-refractivity contribution is 5.31. The smallest absolute Gasteiger partial charge is 0.119 e. The lowest BCUT2D eigenvalue weighted by atomic mass is 9.85. The van der Waals surface area contributed by atoms with E-state index < -0.39 is 5.60 Å². The molecule has 21 heavy (non-hydrogen) atoms. The first-order valence-corrected chi connectivity index (χ1v) is 7.47. The summed E-state index contributed by atoms with van der Waals surface area (Å²) >= 11 is 0. The molecule has 1 heterocycles. The number of benzene rings is 2. The van der Waals surface area contributed by atoms with Crippen molar-refractivity contribution >= 4 is 0 Å². The number of hydrogen-bond acceptors (Lipinski definition) is 3. The van der Waals surface area contributed by atoms with E-state index >= 15 is 0 Å². The van der Waals surface area contributed by atoms with Gasteiger partial charge in [-0.15, -0.1) is 0 Å². The van der Waals surface area contributed by atoms with E-state index in [1.165, 1.54) is 0 Å². The van der Waals surface area contributed by atoms with Crippen LogP contribution in [-0.2, 0) is 12.2 Å². The van der Waals surface area contributed by atoms with Crippen LogP contribution >= 0.6 is 0 Å². The maximum atomic E-state index is 10.7. The monoisotopic (exact) mass is 283 g/mol. The summed E-state index contributed by atoms with van der Waals surface area (Å²) in [6.45, 7) is 2.29. The van der Waals surface area contributed by atoms with E-state index in [9.17, 15) is 5.11 Å². The second-order valence-corrected chi connectivity index (χ2v) is 5.58. The summed E-state index contributed by atoms with van der Waals surface area (Å²) in [5.41, 5.74) is 1.44. The molecule has 0 saturated carbocycles. The summed E-state index contributed by atoms with van der Waals surface area (Å²) in [6, 6.07) is 18.0. The van der Waals surface area contributed by atoms with Crippen molar-refractivity contribution in [3.05, 3.63) is 65.7 Å². The highest BCUT2D eigenvalue weighted by Gasteiger charge is 2.30.